The Bertz CT molecular complexity index is 3480. The van der Waals surface area contributed by atoms with E-state index in [0.29, 0.717) is 11.1 Å². The minimum Gasteiger partial charge on any atom is -0.208 e. The van der Waals surface area contributed by atoms with E-state index in [9.17, 15) is 2.74 Å². The molecule has 0 amide bonds. The summed E-state index contributed by atoms with van der Waals surface area (Å²) in [6.45, 7) is 0. The summed E-state index contributed by atoms with van der Waals surface area (Å²) < 4.78 is 79.7. The largest absolute Gasteiger partial charge is 0.208 e. The van der Waals surface area contributed by atoms with Crippen LogP contribution in [0.25, 0.3) is 99.5 Å². The number of nitrogens with zero attached hydrogens (tertiary/aromatic N) is 3. The molecule has 3 nitrogen and oxygen atoms in total. The molecule has 1 aromatic heterocycles. The minimum absolute atomic E-state index is 0.0881. The molecule has 9 aromatic carbocycles. The molecule has 242 valence electrons. The summed E-state index contributed by atoms with van der Waals surface area (Å²) in [6.07, 6.45) is 0. The lowest BCUT2D eigenvalue weighted by molar-refractivity contribution is 1.08. The van der Waals surface area contributed by atoms with Gasteiger partial charge >= 0.3 is 0 Å². The van der Waals surface area contributed by atoms with Crippen LogP contribution in [0.2, 0.25) is 0 Å². The number of fused-ring (bicyclic) bond motifs is 5. The Morgan fingerprint density at radius 3 is 1.81 bits per heavy atom. The van der Waals surface area contributed by atoms with E-state index >= 15 is 0 Å². The summed E-state index contributed by atoms with van der Waals surface area (Å²) in [5.41, 5.74) is 5.29. The van der Waals surface area contributed by atoms with Crippen LogP contribution < -0.4 is 0 Å². The van der Waals surface area contributed by atoms with Crippen LogP contribution in [0.1, 0.15) is 12.3 Å². The second-order valence-electron chi connectivity index (χ2n) is 12.6. The number of aromatic nitrogens is 3. The molecule has 0 fully saturated rings. The first kappa shape index (κ1) is 22.0. The summed E-state index contributed by atoms with van der Waals surface area (Å²) in [7, 11) is 0. The van der Waals surface area contributed by atoms with Gasteiger partial charge in [0.25, 0.3) is 0 Å². The van der Waals surface area contributed by atoms with Gasteiger partial charge in [0.05, 0.1) is 12.3 Å². The van der Waals surface area contributed by atoms with E-state index in [0.717, 1.165) is 43.8 Å². The summed E-state index contributed by atoms with van der Waals surface area (Å²) in [5.74, 6) is 0.392. The molecule has 0 atom stereocenters. The van der Waals surface area contributed by atoms with Crippen LogP contribution >= 0.6 is 0 Å². The highest BCUT2D eigenvalue weighted by Gasteiger charge is 2.17. The highest BCUT2D eigenvalue weighted by Crippen LogP contribution is 2.36. The standard InChI is InChI=1S/C49H31N3/c1-2-11-32(12-3-1)36-23-24-39-30-37(25-26-38(39)29-36)35-16-8-17-40(31-35)47-50-48(45-21-9-15-33-13-4-7-19-42(33)45)52-49(51-47)46-22-10-20-43-41-18-6-5-14-34(41)27-28-44(43)46/h1-31H/i5D,6D,10D,14D,18D,20D,22D,27D,28D. The Kier molecular flexibility index (Phi) is 5.25. The summed E-state index contributed by atoms with van der Waals surface area (Å²) in [6, 6.07) is 39.5. The summed E-state index contributed by atoms with van der Waals surface area (Å²) in [4.78, 5) is 14.8. The summed E-state index contributed by atoms with van der Waals surface area (Å²) in [5, 5.41) is 3.26. The molecule has 52 heavy (non-hydrogen) atoms. The fourth-order valence-corrected chi connectivity index (χ4v) is 6.84. The third kappa shape index (κ3) is 5.28. The van der Waals surface area contributed by atoms with Crippen molar-refractivity contribution in [3.05, 3.63) is 188 Å². The van der Waals surface area contributed by atoms with E-state index in [-0.39, 0.29) is 44.6 Å². The fraction of sp³-hybridized carbons (Fsp3) is 0. The Morgan fingerprint density at radius 2 is 0.942 bits per heavy atom. The predicted octanol–water partition coefficient (Wildman–Crippen LogP) is 12.8. The van der Waals surface area contributed by atoms with Gasteiger partial charge in [0.15, 0.2) is 17.5 Å². The number of hydrogen-bond donors (Lipinski definition) is 0. The average Bonchev–Trinajstić information content (AvgIpc) is 3.30. The zero-order valence-corrected chi connectivity index (χ0v) is 27.5. The van der Waals surface area contributed by atoms with Crippen LogP contribution in [0.15, 0.2) is 188 Å². The van der Waals surface area contributed by atoms with E-state index in [2.05, 4.69) is 48.5 Å². The average molecular weight is 671 g/mol. The molecular weight excluding hydrogens is 631 g/mol. The highest BCUT2D eigenvalue weighted by molar-refractivity contribution is 6.11. The van der Waals surface area contributed by atoms with Crippen molar-refractivity contribution in [1.82, 2.24) is 15.0 Å². The van der Waals surface area contributed by atoms with Crippen molar-refractivity contribution in [1.29, 1.82) is 0 Å². The van der Waals surface area contributed by atoms with Gasteiger partial charge in [-0.25, -0.2) is 15.0 Å². The molecule has 10 aromatic rings. The molecule has 0 aliphatic carbocycles. The molecule has 0 saturated carbocycles. The van der Waals surface area contributed by atoms with Crippen molar-refractivity contribution in [2.45, 2.75) is 0 Å². The van der Waals surface area contributed by atoms with Gasteiger partial charge in [0, 0.05) is 16.7 Å². The van der Waals surface area contributed by atoms with Crippen LogP contribution in [0.4, 0.5) is 0 Å². The van der Waals surface area contributed by atoms with Gasteiger partial charge in [-0.3, -0.25) is 0 Å². The zero-order valence-electron chi connectivity index (χ0n) is 36.5. The summed E-state index contributed by atoms with van der Waals surface area (Å²) >= 11 is 0. The molecule has 1 heterocycles. The molecule has 0 aliphatic heterocycles. The molecular formula is C49H31N3. The van der Waals surface area contributed by atoms with Crippen molar-refractivity contribution >= 4 is 43.1 Å². The van der Waals surface area contributed by atoms with Gasteiger partial charge in [0.2, 0.25) is 0 Å². The smallest absolute Gasteiger partial charge is 0.164 e. The highest BCUT2D eigenvalue weighted by atomic mass is 15.0. The van der Waals surface area contributed by atoms with Crippen molar-refractivity contribution in [3.8, 4) is 56.4 Å². The molecule has 3 heteroatoms. The molecule has 0 radical (unpaired) electrons. The maximum absolute atomic E-state index is 9.26. The van der Waals surface area contributed by atoms with Gasteiger partial charge in [-0.15, -0.1) is 0 Å². The Labute approximate surface area is 314 Å². The van der Waals surface area contributed by atoms with E-state index in [4.69, 9.17) is 24.5 Å². The monoisotopic (exact) mass is 670 g/mol. The van der Waals surface area contributed by atoms with Gasteiger partial charge < -0.3 is 0 Å². The van der Waals surface area contributed by atoms with E-state index in [1.165, 1.54) is 0 Å². The lowest BCUT2D eigenvalue weighted by atomic mass is 9.97. The number of benzene rings is 9. The number of rotatable bonds is 5. The van der Waals surface area contributed by atoms with Crippen LogP contribution in [-0.4, -0.2) is 15.0 Å². The van der Waals surface area contributed by atoms with E-state index < -0.39 is 54.4 Å². The van der Waals surface area contributed by atoms with Crippen LogP contribution in [-0.2, 0) is 0 Å². The van der Waals surface area contributed by atoms with Crippen LogP contribution in [0.5, 0.6) is 0 Å². The second-order valence-corrected chi connectivity index (χ2v) is 12.6. The quantitative estimate of drug-likeness (QED) is 0.171. The van der Waals surface area contributed by atoms with Crippen molar-refractivity contribution in [3.63, 3.8) is 0 Å². The molecule has 0 spiro atoms. The van der Waals surface area contributed by atoms with Gasteiger partial charge in [-0.1, -0.05) is 170 Å². The van der Waals surface area contributed by atoms with Crippen LogP contribution in [0, 0.1) is 0 Å². The molecule has 0 N–H and O–H groups in total. The van der Waals surface area contributed by atoms with E-state index in [1.807, 2.05) is 84.9 Å². The molecule has 0 bridgehead atoms. The van der Waals surface area contributed by atoms with Crippen molar-refractivity contribution in [2.24, 2.45) is 0 Å². The van der Waals surface area contributed by atoms with Gasteiger partial charge in [-0.2, -0.15) is 0 Å². The van der Waals surface area contributed by atoms with Crippen LogP contribution in [0.3, 0.4) is 0 Å². The second kappa shape index (κ2) is 12.4. The topological polar surface area (TPSA) is 38.7 Å². The molecule has 0 aliphatic rings. The first-order chi connectivity index (χ1) is 29.5. The Balaban J connectivity index is 1.22. The zero-order chi connectivity index (χ0) is 42.3. The molecule has 0 saturated heterocycles. The Hall–Kier alpha value is -6.97. The van der Waals surface area contributed by atoms with Crippen molar-refractivity contribution < 1.29 is 12.3 Å². The normalized spacial score (nSPS) is 13.9. The number of hydrogen-bond acceptors (Lipinski definition) is 3. The molecule has 10 rings (SSSR count). The maximum atomic E-state index is 9.26. The molecule has 0 unspecified atom stereocenters. The van der Waals surface area contributed by atoms with Gasteiger partial charge in [-0.05, 0) is 83.5 Å². The Morgan fingerprint density at radius 1 is 0.308 bits per heavy atom. The first-order valence-electron chi connectivity index (χ1n) is 21.4. The van der Waals surface area contributed by atoms with Gasteiger partial charge in [0.1, 0.15) is 0 Å². The van der Waals surface area contributed by atoms with E-state index in [1.54, 1.807) is 0 Å². The third-order valence-corrected chi connectivity index (χ3v) is 9.42. The third-order valence-electron chi connectivity index (χ3n) is 9.42. The predicted molar refractivity (Wildman–Crippen MR) is 217 cm³/mol. The fourth-order valence-electron chi connectivity index (χ4n) is 6.84. The first-order valence-corrected chi connectivity index (χ1v) is 16.9. The lowest BCUT2D eigenvalue weighted by Crippen LogP contribution is -2.01. The maximum Gasteiger partial charge on any atom is 0.164 e. The van der Waals surface area contributed by atoms with Crippen molar-refractivity contribution in [2.75, 3.05) is 0 Å². The minimum atomic E-state index is -0.581. The SMILES string of the molecule is [2H]c1c([2H])c([2H])c2c(c1[2H])c([2H])c([2H])c1c(-c3nc(-c4cccc(-c5ccc6cc(-c7ccccc7)ccc6c5)c4)nc(-c4cccc5ccccc45)n3)c([2H])c([2H])c([2H])c12. The lowest BCUT2D eigenvalue weighted by Gasteiger charge is -2.13.